The molecule has 0 spiro atoms. The molecule has 0 bridgehead atoms. The van der Waals surface area contributed by atoms with Gasteiger partial charge in [-0.1, -0.05) is 0 Å². The maximum atomic E-state index is 12.0. The Balaban J connectivity index is 1.67. The molecule has 0 radical (unpaired) electrons. The number of nitrogens with one attached hydrogen (secondary N) is 1. The Labute approximate surface area is 113 Å². The van der Waals surface area contributed by atoms with Crippen molar-refractivity contribution in [2.24, 2.45) is 0 Å². The minimum atomic E-state index is -0.863. The van der Waals surface area contributed by atoms with Crippen molar-refractivity contribution in [1.82, 2.24) is 10.2 Å². The molecule has 2 fully saturated rings. The Hall–Kier alpha value is -1.30. The molecule has 0 aromatic rings. The van der Waals surface area contributed by atoms with Gasteiger partial charge in [-0.05, 0) is 32.1 Å². The van der Waals surface area contributed by atoms with Gasteiger partial charge < -0.3 is 20.1 Å². The third-order valence-electron chi connectivity index (χ3n) is 3.58. The van der Waals surface area contributed by atoms with Gasteiger partial charge in [-0.15, -0.1) is 0 Å². The van der Waals surface area contributed by atoms with E-state index in [4.69, 9.17) is 9.84 Å². The summed E-state index contributed by atoms with van der Waals surface area (Å²) in [5.74, 6) is -0.863. The largest absolute Gasteiger partial charge is 0.481 e. The number of amides is 2. The van der Waals surface area contributed by atoms with Gasteiger partial charge in [0.2, 0.25) is 0 Å². The molecule has 1 saturated heterocycles. The topological polar surface area (TPSA) is 78.9 Å². The predicted molar refractivity (Wildman–Crippen MR) is 69.0 cm³/mol. The average Bonchev–Trinajstić information content (AvgIpc) is 3.06. The number of carboxylic acids is 1. The smallest absolute Gasteiger partial charge is 0.317 e. The second kappa shape index (κ2) is 6.75. The quantitative estimate of drug-likeness (QED) is 0.728. The number of aliphatic carboxylic acids is 1. The minimum Gasteiger partial charge on any atom is -0.481 e. The Bertz CT molecular complexity index is 325. The van der Waals surface area contributed by atoms with Crippen LogP contribution in [0, 0.1) is 0 Å². The molecule has 2 rings (SSSR count). The van der Waals surface area contributed by atoms with E-state index in [0.717, 1.165) is 38.7 Å². The summed E-state index contributed by atoms with van der Waals surface area (Å²) < 4.78 is 5.49. The van der Waals surface area contributed by atoms with E-state index in [1.165, 1.54) is 0 Å². The van der Waals surface area contributed by atoms with E-state index in [1.807, 2.05) is 0 Å². The van der Waals surface area contributed by atoms with Crippen molar-refractivity contribution in [2.45, 2.75) is 50.7 Å². The van der Waals surface area contributed by atoms with Crippen molar-refractivity contribution in [3.63, 3.8) is 0 Å². The summed E-state index contributed by atoms with van der Waals surface area (Å²) in [5, 5.41) is 11.6. The highest BCUT2D eigenvalue weighted by Gasteiger charge is 2.32. The van der Waals surface area contributed by atoms with Gasteiger partial charge >= 0.3 is 12.0 Å². The molecule has 19 heavy (non-hydrogen) atoms. The van der Waals surface area contributed by atoms with Gasteiger partial charge in [-0.3, -0.25) is 4.79 Å². The van der Waals surface area contributed by atoms with Crippen molar-refractivity contribution in [2.75, 3.05) is 19.7 Å². The molecular formula is C13H22N2O4. The first-order chi connectivity index (χ1) is 9.16. The van der Waals surface area contributed by atoms with E-state index in [0.29, 0.717) is 13.1 Å². The van der Waals surface area contributed by atoms with Crippen molar-refractivity contribution < 1.29 is 19.4 Å². The van der Waals surface area contributed by atoms with Crippen LogP contribution >= 0.6 is 0 Å². The van der Waals surface area contributed by atoms with E-state index in [2.05, 4.69) is 5.32 Å². The van der Waals surface area contributed by atoms with Crippen LogP contribution < -0.4 is 5.32 Å². The molecule has 1 aliphatic carbocycles. The van der Waals surface area contributed by atoms with E-state index < -0.39 is 5.97 Å². The second-order valence-electron chi connectivity index (χ2n) is 5.22. The molecule has 0 aromatic heterocycles. The van der Waals surface area contributed by atoms with Gasteiger partial charge in [0.1, 0.15) is 0 Å². The molecule has 1 unspecified atom stereocenters. The highest BCUT2D eigenvalue weighted by Crippen LogP contribution is 2.27. The molecule has 2 aliphatic rings. The average molecular weight is 270 g/mol. The standard InChI is InChI=1S/C13H22N2O4/c16-12(17)6-8-15(10-3-4-10)13(18)14-7-5-11-2-1-9-19-11/h10-11H,1-9H2,(H,14,18)(H,16,17). The van der Waals surface area contributed by atoms with Crippen LogP contribution in [0.2, 0.25) is 0 Å². The monoisotopic (exact) mass is 270 g/mol. The van der Waals surface area contributed by atoms with E-state index in [9.17, 15) is 9.59 Å². The fourth-order valence-electron chi connectivity index (χ4n) is 2.37. The Kier molecular flexibility index (Phi) is 5.01. The lowest BCUT2D eigenvalue weighted by molar-refractivity contribution is -0.137. The lowest BCUT2D eigenvalue weighted by atomic mass is 10.2. The van der Waals surface area contributed by atoms with Gasteiger partial charge in [-0.2, -0.15) is 0 Å². The molecule has 6 heteroatoms. The Morgan fingerprint density at radius 3 is 2.68 bits per heavy atom. The van der Waals surface area contributed by atoms with Crippen LogP contribution in [-0.4, -0.2) is 53.8 Å². The summed E-state index contributed by atoms with van der Waals surface area (Å²) in [4.78, 5) is 24.2. The van der Waals surface area contributed by atoms with Crippen LogP contribution in [0.25, 0.3) is 0 Å². The first-order valence-corrected chi connectivity index (χ1v) is 7.04. The van der Waals surface area contributed by atoms with Crippen LogP contribution in [0.1, 0.15) is 38.5 Å². The normalized spacial score (nSPS) is 22.2. The lowest BCUT2D eigenvalue weighted by Crippen LogP contribution is -2.43. The summed E-state index contributed by atoms with van der Waals surface area (Å²) in [5.41, 5.74) is 0. The number of rotatable bonds is 7. The van der Waals surface area contributed by atoms with Crippen LogP contribution in [0.15, 0.2) is 0 Å². The number of carbonyl (C=O) groups excluding carboxylic acids is 1. The zero-order valence-corrected chi connectivity index (χ0v) is 11.1. The summed E-state index contributed by atoms with van der Waals surface area (Å²) in [6, 6.07) is 0.101. The molecule has 1 heterocycles. The van der Waals surface area contributed by atoms with Gasteiger partial charge in [-0.25, -0.2) is 4.79 Å². The van der Waals surface area contributed by atoms with Gasteiger partial charge in [0, 0.05) is 25.7 Å². The minimum absolute atomic E-state index is 0.00958. The van der Waals surface area contributed by atoms with E-state index in [-0.39, 0.29) is 24.6 Å². The first kappa shape index (κ1) is 14.1. The summed E-state index contributed by atoms with van der Waals surface area (Å²) in [6.07, 6.45) is 5.26. The van der Waals surface area contributed by atoms with E-state index in [1.54, 1.807) is 4.90 Å². The van der Waals surface area contributed by atoms with Crippen molar-refractivity contribution >= 4 is 12.0 Å². The number of nitrogens with zero attached hydrogens (tertiary/aromatic N) is 1. The SMILES string of the molecule is O=C(O)CCN(C(=O)NCCC1CCCO1)C1CC1. The Morgan fingerprint density at radius 2 is 2.11 bits per heavy atom. The maximum Gasteiger partial charge on any atom is 0.317 e. The second-order valence-corrected chi connectivity index (χ2v) is 5.22. The molecule has 2 N–H and O–H groups in total. The first-order valence-electron chi connectivity index (χ1n) is 7.04. The van der Waals surface area contributed by atoms with Crippen LogP contribution in [0.4, 0.5) is 4.79 Å². The van der Waals surface area contributed by atoms with Crippen molar-refractivity contribution in [3.05, 3.63) is 0 Å². The van der Waals surface area contributed by atoms with Crippen LogP contribution in [0.5, 0.6) is 0 Å². The highest BCUT2D eigenvalue weighted by atomic mass is 16.5. The third kappa shape index (κ3) is 4.70. The predicted octanol–water partition coefficient (Wildman–Crippen LogP) is 1.20. The molecule has 0 aromatic carbocycles. The number of ether oxygens (including phenoxy) is 1. The molecule has 108 valence electrons. The van der Waals surface area contributed by atoms with Crippen LogP contribution in [-0.2, 0) is 9.53 Å². The zero-order valence-electron chi connectivity index (χ0n) is 11.1. The molecule has 6 nitrogen and oxygen atoms in total. The number of hydrogen-bond donors (Lipinski definition) is 2. The number of hydrogen-bond acceptors (Lipinski definition) is 3. The lowest BCUT2D eigenvalue weighted by Gasteiger charge is -2.22. The molecular weight excluding hydrogens is 248 g/mol. The molecule has 2 amide bonds. The van der Waals surface area contributed by atoms with Crippen molar-refractivity contribution in [1.29, 1.82) is 0 Å². The number of carboxylic acid groups (broad SMARTS) is 1. The summed E-state index contributed by atoms with van der Waals surface area (Å²) in [6.45, 7) is 1.72. The fourth-order valence-corrected chi connectivity index (χ4v) is 2.37. The third-order valence-corrected chi connectivity index (χ3v) is 3.58. The summed E-state index contributed by atoms with van der Waals surface area (Å²) >= 11 is 0. The fraction of sp³-hybridized carbons (Fsp3) is 0.846. The molecule has 1 saturated carbocycles. The molecule has 1 atom stereocenters. The molecule has 1 aliphatic heterocycles. The van der Waals surface area contributed by atoms with Crippen LogP contribution in [0.3, 0.4) is 0 Å². The number of carbonyl (C=O) groups is 2. The summed E-state index contributed by atoms with van der Waals surface area (Å²) in [7, 11) is 0. The Morgan fingerprint density at radius 1 is 1.32 bits per heavy atom. The number of urea groups is 1. The van der Waals surface area contributed by atoms with Crippen molar-refractivity contribution in [3.8, 4) is 0 Å². The maximum absolute atomic E-state index is 12.0. The van der Waals surface area contributed by atoms with E-state index >= 15 is 0 Å². The van der Waals surface area contributed by atoms with Gasteiger partial charge in [0.25, 0.3) is 0 Å². The highest BCUT2D eigenvalue weighted by molar-refractivity contribution is 5.76. The zero-order chi connectivity index (χ0) is 13.7. The van der Waals surface area contributed by atoms with Gasteiger partial charge in [0.05, 0.1) is 12.5 Å². The van der Waals surface area contributed by atoms with Gasteiger partial charge in [0.15, 0.2) is 0 Å².